The Balaban J connectivity index is 1.63. The van der Waals surface area contributed by atoms with Crippen molar-refractivity contribution in [2.24, 2.45) is 0 Å². The van der Waals surface area contributed by atoms with Crippen LogP contribution in [0.2, 0.25) is 0 Å². The molecule has 1 aromatic heterocycles. The maximum Gasteiger partial charge on any atom is 0.248 e. The number of nitrogens with zero attached hydrogens (tertiary/aromatic N) is 4. The molecule has 138 valence electrons. The highest BCUT2D eigenvalue weighted by atomic mass is 16.2. The summed E-state index contributed by atoms with van der Waals surface area (Å²) in [6, 6.07) is 14.8. The van der Waals surface area contributed by atoms with E-state index < -0.39 is 0 Å². The van der Waals surface area contributed by atoms with E-state index in [2.05, 4.69) is 33.0 Å². The molecule has 0 saturated heterocycles. The fraction of sp³-hybridized carbons (Fsp3) is 0.211. The Kier molecular flexibility index (Phi) is 5.55. The molecule has 1 heterocycles. The van der Waals surface area contributed by atoms with Crippen molar-refractivity contribution in [1.82, 2.24) is 20.2 Å². The lowest BCUT2D eigenvalue weighted by Crippen LogP contribution is -2.20. The van der Waals surface area contributed by atoms with Crippen LogP contribution in [0.5, 0.6) is 0 Å². The van der Waals surface area contributed by atoms with Gasteiger partial charge in [-0.2, -0.15) is 4.80 Å². The number of aryl methyl sites for hydroxylation is 1. The third-order valence-corrected chi connectivity index (χ3v) is 3.82. The molecule has 0 atom stereocenters. The number of benzene rings is 2. The lowest BCUT2D eigenvalue weighted by atomic mass is 10.1. The number of hydrogen-bond donors (Lipinski definition) is 2. The first-order valence-corrected chi connectivity index (χ1v) is 8.58. The molecule has 0 saturated carbocycles. The van der Waals surface area contributed by atoms with E-state index in [0.717, 1.165) is 12.0 Å². The van der Waals surface area contributed by atoms with Gasteiger partial charge in [0, 0.05) is 23.9 Å². The normalized spacial score (nSPS) is 10.4. The van der Waals surface area contributed by atoms with Crippen LogP contribution in [0, 0.1) is 0 Å². The third kappa shape index (κ3) is 4.97. The van der Waals surface area contributed by atoms with Crippen LogP contribution in [-0.4, -0.2) is 32.0 Å². The number of hydrogen-bond acceptors (Lipinski definition) is 5. The van der Waals surface area contributed by atoms with Gasteiger partial charge in [-0.1, -0.05) is 37.3 Å². The molecule has 2 N–H and O–H groups in total. The minimum absolute atomic E-state index is 0.0651. The van der Waals surface area contributed by atoms with Crippen molar-refractivity contribution in [2.75, 3.05) is 10.6 Å². The maximum atomic E-state index is 12.2. The van der Waals surface area contributed by atoms with E-state index in [1.54, 1.807) is 24.3 Å². The summed E-state index contributed by atoms with van der Waals surface area (Å²) in [6.45, 7) is 3.45. The topological polar surface area (TPSA) is 102 Å². The van der Waals surface area contributed by atoms with Gasteiger partial charge in [-0.25, -0.2) is 0 Å². The molecule has 0 spiro atoms. The predicted molar refractivity (Wildman–Crippen MR) is 102 cm³/mol. The van der Waals surface area contributed by atoms with Crippen LogP contribution in [0.15, 0.2) is 48.5 Å². The summed E-state index contributed by atoms with van der Waals surface area (Å²) in [7, 11) is 0. The molecule has 8 heteroatoms. The lowest BCUT2D eigenvalue weighted by molar-refractivity contribution is -0.117. The number of tetrazole rings is 1. The van der Waals surface area contributed by atoms with Crippen molar-refractivity contribution in [3.05, 3.63) is 54.1 Å². The standard InChI is InChI=1S/C19H20N6O2/c1-3-14-7-9-15(10-8-14)19-22-24-25(23-19)12-18(27)21-17-6-4-5-16(11-17)20-13(2)26/h4-11H,3,12H2,1-2H3,(H,20,26)(H,21,27). The van der Waals surface area contributed by atoms with Gasteiger partial charge in [0.1, 0.15) is 6.54 Å². The van der Waals surface area contributed by atoms with Gasteiger partial charge in [-0.15, -0.1) is 10.2 Å². The van der Waals surface area contributed by atoms with Gasteiger partial charge in [0.2, 0.25) is 17.6 Å². The Bertz CT molecular complexity index is 949. The molecular weight excluding hydrogens is 344 g/mol. The molecule has 0 unspecified atom stereocenters. The monoisotopic (exact) mass is 364 g/mol. The summed E-state index contributed by atoms with van der Waals surface area (Å²) < 4.78 is 0. The van der Waals surface area contributed by atoms with Crippen molar-refractivity contribution in [3.8, 4) is 11.4 Å². The van der Waals surface area contributed by atoms with E-state index in [1.807, 2.05) is 24.3 Å². The molecule has 0 radical (unpaired) electrons. The molecule has 27 heavy (non-hydrogen) atoms. The highest BCUT2D eigenvalue weighted by Crippen LogP contribution is 2.16. The van der Waals surface area contributed by atoms with Crippen molar-refractivity contribution in [1.29, 1.82) is 0 Å². The van der Waals surface area contributed by atoms with Crippen LogP contribution >= 0.6 is 0 Å². The van der Waals surface area contributed by atoms with E-state index in [0.29, 0.717) is 17.2 Å². The molecule has 0 aliphatic carbocycles. The molecule has 3 rings (SSSR count). The highest BCUT2D eigenvalue weighted by Gasteiger charge is 2.10. The summed E-state index contributed by atoms with van der Waals surface area (Å²) in [5, 5.41) is 17.6. The van der Waals surface area contributed by atoms with Crippen molar-refractivity contribution in [3.63, 3.8) is 0 Å². The average molecular weight is 364 g/mol. The maximum absolute atomic E-state index is 12.2. The summed E-state index contributed by atoms with van der Waals surface area (Å²) in [4.78, 5) is 24.6. The van der Waals surface area contributed by atoms with Crippen molar-refractivity contribution in [2.45, 2.75) is 26.8 Å². The van der Waals surface area contributed by atoms with E-state index in [9.17, 15) is 9.59 Å². The second-order valence-corrected chi connectivity index (χ2v) is 6.00. The zero-order chi connectivity index (χ0) is 19.2. The molecule has 2 amide bonds. The van der Waals surface area contributed by atoms with Gasteiger partial charge in [0.05, 0.1) is 0 Å². The van der Waals surface area contributed by atoms with Gasteiger partial charge >= 0.3 is 0 Å². The van der Waals surface area contributed by atoms with Crippen LogP contribution in [0.4, 0.5) is 11.4 Å². The lowest BCUT2D eigenvalue weighted by Gasteiger charge is -2.07. The summed E-state index contributed by atoms with van der Waals surface area (Å²) in [5.41, 5.74) is 3.26. The molecule has 0 bridgehead atoms. The van der Waals surface area contributed by atoms with Gasteiger partial charge in [-0.3, -0.25) is 9.59 Å². The highest BCUT2D eigenvalue weighted by molar-refractivity contribution is 5.93. The van der Waals surface area contributed by atoms with E-state index in [4.69, 9.17) is 0 Å². The quantitative estimate of drug-likeness (QED) is 0.700. The Labute approximate surface area is 156 Å². The first-order chi connectivity index (χ1) is 13.0. The van der Waals surface area contributed by atoms with Gasteiger partial charge < -0.3 is 10.6 Å². The van der Waals surface area contributed by atoms with Gasteiger partial charge in [-0.05, 0) is 35.4 Å². The van der Waals surface area contributed by atoms with Crippen LogP contribution in [0.3, 0.4) is 0 Å². The SMILES string of the molecule is CCc1ccc(-c2nnn(CC(=O)Nc3cccc(NC(C)=O)c3)n2)cc1. The van der Waals surface area contributed by atoms with Crippen LogP contribution in [0.25, 0.3) is 11.4 Å². The predicted octanol–water partition coefficient (Wildman–Crippen LogP) is 2.50. The first kappa shape index (κ1) is 18.2. The van der Waals surface area contributed by atoms with Crippen LogP contribution in [-0.2, 0) is 22.6 Å². The zero-order valence-corrected chi connectivity index (χ0v) is 15.1. The molecule has 0 aliphatic rings. The third-order valence-electron chi connectivity index (χ3n) is 3.82. The van der Waals surface area contributed by atoms with Gasteiger partial charge in [0.15, 0.2) is 0 Å². The number of nitrogens with one attached hydrogen (secondary N) is 2. The second kappa shape index (κ2) is 8.22. The minimum atomic E-state index is -0.291. The molecule has 8 nitrogen and oxygen atoms in total. The fourth-order valence-electron chi connectivity index (χ4n) is 2.52. The Hall–Kier alpha value is -3.55. The average Bonchev–Trinajstić information content (AvgIpc) is 3.09. The second-order valence-electron chi connectivity index (χ2n) is 6.00. The minimum Gasteiger partial charge on any atom is -0.326 e. The molecular formula is C19H20N6O2. The number of rotatable bonds is 6. The first-order valence-electron chi connectivity index (χ1n) is 8.58. The van der Waals surface area contributed by atoms with Gasteiger partial charge in [0.25, 0.3) is 0 Å². The van der Waals surface area contributed by atoms with E-state index in [1.165, 1.54) is 17.3 Å². The summed E-state index contributed by atoms with van der Waals surface area (Å²) in [5.74, 6) is 0.00292. The van der Waals surface area contributed by atoms with Crippen molar-refractivity contribution < 1.29 is 9.59 Å². The molecule has 0 aliphatic heterocycles. The van der Waals surface area contributed by atoms with Crippen LogP contribution < -0.4 is 10.6 Å². The summed E-state index contributed by atoms with van der Waals surface area (Å²) >= 11 is 0. The van der Waals surface area contributed by atoms with Crippen molar-refractivity contribution >= 4 is 23.2 Å². The van der Waals surface area contributed by atoms with E-state index >= 15 is 0 Å². The molecule has 3 aromatic rings. The smallest absolute Gasteiger partial charge is 0.248 e. The molecule has 0 fully saturated rings. The fourth-order valence-corrected chi connectivity index (χ4v) is 2.52. The number of carbonyl (C=O) groups excluding carboxylic acids is 2. The van der Waals surface area contributed by atoms with E-state index in [-0.39, 0.29) is 18.4 Å². The largest absolute Gasteiger partial charge is 0.326 e. The Morgan fingerprint density at radius 2 is 1.74 bits per heavy atom. The number of amides is 2. The molecule has 2 aromatic carbocycles. The summed E-state index contributed by atoms with van der Waals surface area (Å²) in [6.07, 6.45) is 0.962. The number of carbonyl (C=O) groups is 2. The Morgan fingerprint density at radius 3 is 2.41 bits per heavy atom. The zero-order valence-electron chi connectivity index (χ0n) is 15.1. The number of aromatic nitrogens is 4. The van der Waals surface area contributed by atoms with Crippen LogP contribution in [0.1, 0.15) is 19.4 Å². The number of anilines is 2. The Morgan fingerprint density at radius 1 is 1.04 bits per heavy atom.